The van der Waals surface area contributed by atoms with E-state index in [1.54, 1.807) is 0 Å². The molecule has 72 valence electrons. The van der Waals surface area contributed by atoms with E-state index in [2.05, 4.69) is 11.8 Å². The molecule has 4 nitrogen and oxygen atoms in total. The number of carboxylic acid groups (broad SMARTS) is 2. The van der Waals surface area contributed by atoms with Crippen LogP contribution in [-0.2, 0) is 9.59 Å². The van der Waals surface area contributed by atoms with Crippen molar-refractivity contribution in [2.45, 2.75) is 32.1 Å². The van der Waals surface area contributed by atoms with Gasteiger partial charge in [-0.15, -0.1) is 11.8 Å². The molecule has 0 heterocycles. The topological polar surface area (TPSA) is 74.6 Å². The molecule has 0 aliphatic carbocycles. The lowest BCUT2D eigenvalue weighted by molar-refractivity contribution is -0.138. The Morgan fingerprint density at radius 2 is 1.46 bits per heavy atom. The fraction of sp³-hybridized carbons (Fsp3) is 0.556. The summed E-state index contributed by atoms with van der Waals surface area (Å²) in [6.45, 7) is 0. The number of carboxylic acids is 2. The highest BCUT2D eigenvalue weighted by molar-refractivity contribution is 5.67. The zero-order valence-corrected chi connectivity index (χ0v) is 7.25. The summed E-state index contributed by atoms with van der Waals surface area (Å²) in [6.07, 6.45) is 1.54. The molecule has 0 rings (SSSR count). The van der Waals surface area contributed by atoms with Crippen molar-refractivity contribution in [1.29, 1.82) is 0 Å². The predicted octanol–water partition coefficient (Wildman–Crippen LogP) is 1.11. The van der Waals surface area contributed by atoms with E-state index in [-0.39, 0.29) is 12.8 Å². The Bertz CT molecular complexity index is 234. The van der Waals surface area contributed by atoms with Gasteiger partial charge in [0, 0.05) is 19.3 Å². The molecule has 0 aliphatic rings. The molecule has 0 aromatic rings. The molecule has 2 N–H and O–H groups in total. The van der Waals surface area contributed by atoms with Gasteiger partial charge in [0.15, 0.2) is 0 Å². The van der Waals surface area contributed by atoms with Crippen LogP contribution in [0.4, 0.5) is 0 Å². The van der Waals surface area contributed by atoms with Crippen LogP contribution in [0.2, 0.25) is 0 Å². The minimum absolute atomic E-state index is 0.0476. The molecule has 0 atom stereocenters. The molecule has 0 saturated heterocycles. The third-order valence-electron chi connectivity index (χ3n) is 1.28. The molecule has 0 spiro atoms. The molecular weight excluding hydrogens is 172 g/mol. The molecule has 0 aromatic carbocycles. The van der Waals surface area contributed by atoms with Crippen LogP contribution in [0.1, 0.15) is 32.1 Å². The van der Waals surface area contributed by atoms with E-state index >= 15 is 0 Å². The fourth-order valence-corrected chi connectivity index (χ4v) is 0.674. The van der Waals surface area contributed by atoms with Crippen molar-refractivity contribution >= 4 is 11.9 Å². The van der Waals surface area contributed by atoms with Crippen LogP contribution in [0.25, 0.3) is 0 Å². The van der Waals surface area contributed by atoms with Crippen molar-refractivity contribution in [3.05, 3.63) is 0 Å². The van der Waals surface area contributed by atoms with Crippen molar-refractivity contribution < 1.29 is 19.8 Å². The number of unbranched alkanes of at least 4 members (excludes halogenated alkanes) is 1. The zero-order valence-electron chi connectivity index (χ0n) is 7.25. The van der Waals surface area contributed by atoms with Crippen molar-refractivity contribution in [3.8, 4) is 11.8 Å². The third-order valence-corrected chi connectivity index (χ3v) is 1.28. The Morgan fingerprint density at radius 3 is 2.00 bits per heavy atom. The van der Waals surface area contributed by atoms with E-state index in [0.717, 1.165) is 0 Å². The Balaban J connectivity index is 3.30. The van der Waals surface area contributed by atoms with Crippen LogP contribution in [0.3, 0.4) is 0 Å². The van der Waals surface area contributed by atoms with E-state index < -0.39 is 11.9 Å². The molecule has 4 heteroatoms. The average Bonchev–Trinajstić information content (AvgIpc) is 2.01. The standard InChI is InChI=1S/C9H12O4/c10-8(11)6-4-2-1-3-5-7-9(12)13/h2,4-7H2,(H,10,11)(H,12,13). The van der Waals surface area contributed by atoms with Crippen LogP contribution < -0.4 is 0 Å². The number of rotatable bonds is 5. The smallest absolute Gasteiger partial charge is 0.304 e. The first-order chi connectivity index (χ1) is 6.13. The number of hydrogen-bond donors (Lipinski definition) is 2. The maximum Gasteiger partial charge on any atom is 0.304 e. The lowest BCUT2D eigenvalue weighted by atomic mass is 10.2. The molecular formula is C9H12O4. The van der Waals surface area contributed by atoms with E-state index in [9.17, 15) is 9.59 Å². The van der Waals surface area contributed by atoms with Crippen LogP contribution in [0.15, 0.2) is 0 Å². The highest BCUT2D eigenvalue weighted by atomic mass is 16.4. The third kappa shape index (κ3) is 10.5. The summed E-state index contributed by atoms with van der Waals surface area (Å²) in [5.41, 5.74) is 0. The first kappa shape index (κ1) is 11.5. The Labute approximate surface area is 76.6 Å². The summed E-state index contributed by atoms with van der Waals surface area (Å²) in [6, 6.07) is 0. The van der Waals surface area contributed by atoms with Gasteiger partial charge in [-0.25, -0.2) is 0 Å². The van der Waals surface area contributed by atoms with Gasteiger partial charge in [-0.2, -0.15) is 0 Å². The van der Waals surface area contributed by atoms with Gasteiger partial charge in [0.05, 0.1) is 6.42 Å². The van der Waals surface area contributed by atoms with Gasteiger partial charge < -0.3 is 10.2 Å². The van der Waals surface area contributed by atoms with E-state index in [1.165, 1.54) is 0 Å². The molecule has 0 aliphatic heterocycles. The molecule has 0 bridgehead atoms. The van der Waals surface area contributed by atoms with Gasteiger partial charge in [0.2, 0.25) is 0 Å². The molecule has 0 aromatic heterocycles. The van der Waals surface area contributed by atoms with Gasteiger partial charge in [-0.3, -0.25) is 9.59 Å². The number of carbonyl (C=O) groups is 2. The fourth-order valence-electron chi connectivity index (χ4n) is 0.674. The second-order valence-corrected chi connectivity index (χ2v) is 2.49. The Morgan fingerprint density at radius 1 is 0.923 bits per heavy atom. The summed E-state index contributed by atoms with van der Waals surface area (Å²) in [5.74, 6) is 3.70. The van der Waals surface area contributed by atoms with Crippen LogP contribution >= 0.6 is 0 Å². The van der Waals surface area contributed by atoms with Crippen molar-refractivity contribution in [3.63, 3.8) is 0 Å². The lowest BCUT2D eigenvalue weighted by Crippen LogP contribution is -1.93. The molecule has 0 radical (unpaired) electrons. The van der Waals surface area contributed by atoms with Gasteiger partial charge in [-0.05, 0) is 6.42 Å². The SMILES string of the molecule is O=C(O)CCC#CCCCC(=O)O. The van der Waals surface area contributed by atoms with E-state index in [4.69, 9.17) is 10.2 Å². The summed E-state index contributed by atoms with van der Waals surface area (Å²) >= 11 is 0. The largest absolute Gasteiger partial charge is 0.481 e. The second-order valence-electron chi connectivity index (χ2n) is 2.49. The summed E-state index contributed by atoms with van der Waals surface area (Å²) in [4.78, 5) is 20.1. The van der Waals surface area contributed by atoms with Crippen molar-refractivity contribution in [2.75, 3.05) is 0 Å². The molecule has 0 unspecified atom stereocenters. The highest BCUT2D eigenvalue weighted by Gasteiger charge is 1.93. The Hall–Kier alpha value is -1.50. The lowest BCUT2D eigenvalue weighted by Gasteiger charge is -1.87. The van der Waals surface area contributed by atoms with Crippen LogP contribution in [0.5, 0.6) is 0 Å². The molecule has 13 heavy (non-hydrogen) atoms. The summed E-state index contributed by atoms with van der Waals surface area (Å²) in [5, 5.41) is 16.5. The first-order valence-corrected chi connectivity index (χ1v) is 4.02. The van der Waals surface area contributed by atoms with Gasteiger partial charge in [0.25, 0.3) is 0 Å². The minimum atomic E-state index is -0.861. The van der Waals surface area contributed by atoms with Gasteiger partial charge in [0.1, 0.15) is 0 Å². The zero-order chi connectivity index (χ0) is 10.1. The summed E-state index contributed by atoms with van der Waals surface area (Å²) < 4.78 is 0. The van der Waals surface area contributed by atoms with E-state index in [0.29, 0.717) is 19.3 Å². The van der Waals surface area contributed by atoms with Gasteiger partial charge >= 0.3 is 11.9 Å². The average molecular weight is 184 g/mol. The molecule has 0 amide bonds. The number of aliphatic carboxylic acids is 2. The monoisotopic (exact) mass is 184 g/mol. The maximum absolute atomic E-state index is 10.1. The number of hydrogen-bond acceptors (Lipinski definition) is 2. The normalized spacial score (nSPS) is 8.62. The first-order valence-electron chi connectivity index (χ1n) is 4.02. The van der Waals surface area contributed by atoms with Crippen molar-refractivity contribution in [2.24, 2.45) is 0 Å². The maximum atomic E-state index is 10.1. The quantitative estimate of drug-likeness (QED) is 0.495. The van der Waals surface area contributed by atoms with Crippen molar-refractivity contribution in [1.82, 2.24) is 0 Å². The van der Waals surface area contributed by atoms with Gasteiger partial charge in [-0.1, -0.05) is 0 Å². The Kier molecular flexibility index (Phi) is 6.34. The summed E-state index contributed by atoms with van der Waals surface area (Å²) in [7, 11) is 0. The minimum Gasteiger partial charge on any atom is -0.481 e. The van der Waals surface area contributed by atoms with E-state index in [1.807, 2.05) is 0 Å². The highest BCUT2D eigenvalue weighted by Crippen LogP contribution is 1.93. The predicted molar refractivity (Wildman–Crippen MR) is 46.1 cm³/mol. The van der Waals surface area contributed by atoms with Crippen LogP contribution in [0, 0.1) is 11.8 Å². The van der Waals surface area contributed by atoms with Crippen LogP contribution in [-0.4, -0.2) is 22.2 Å². The molecule has 0 fully saturated rings. The second kappa shape index (κ2) is 7.17. The molecule has 0 saturated carbocycles.